The summed E-state index contributed by atoms with van der Waals surface area (Å²) < 4.78 is 0. The molecule has 1 aromatic rings. The third-order valence-electron chi connectivity index (χ3n) is 4.83. The number of nitrogens with one attached hydrogen (secondary N) is 1. The Morgan fingerprint density at radius 3 is 3.00 bits per heavy atom. The highest BCUT2D eigenvalue weighted by Crippen LogP contribution is 2.66. The van der Waals surface area contributed by atoms with Crippen LogP contribution in [0.4, 0.5) is 0 Å². The third kappa shape index (κ3) is 2.22. The second-order valence-electron chi connectivity index (χ2n) is 5.99. The molecule has 0 saturated heterocycles. The predicted octanol–water partition coefficient (Wildman–Crippen LogP) is 3.41. The van der Waals surface area contributed by atoms with Crippen LogP contribution in [0.15, 0.2) is 22.6 Å². The van der Waals surface area contributed by atoms with Crippen molar-refractivity contribution in [1.29, 1.82) is 0 Å². The number of fused-ring (bicyclic) bond motifs is 1. The van der Waals surface area contributed by atoms with Gasteiger partial charge in [0.2, 0.25) is 5.91 Å². The number of amides is 1. The van der Waals surface area contributed by atoms with Gasteiger partial charge in [0.25, 0.3) is 0 Å². The Hall–Kier alpha value is -1.16. The molecule has 0 aromatic carbocycles. The van der Waals surface area contributed by atoms with E-state index in [2.05, 4.69) is 17.5 Å². The number of hydrogen-bond donors (Lipinski definition) is 1. The number of hydrazone groups is 1. The van der Waals surface area contributed by atoms with Gasteiger partial charge in [-0.25, -0.2) is 5.43 Å². The number of carbonyl (C=O) groups excluding carboxylic acids is 1. The molecule has 2 fully saturated rings. The van der Waals surface area contributed by atoms with Crippen LogP contribution < -0.4 is 5.43 Å². The second kappa shape index (κ2) is 4.75. The summed E-state index contributed by atoms with van der Waals surface area (Å²) in [5.74, 6) is 0.902. The first-order valence-electron chi connectivity index (χ1n) is 7.01. The topological polar surface area (TPSA) is 41.5 Å². The van der Waals surface area contributed by atoms with Gasteiger partial charge in [-0.05, 0) is 42.5 Å². The van der Waals surface area contributed by atoms with E-state index in [1.807, 2.05) is 24.4 Å². The molecule has 1 N–H and O–H groups in total. The molecule has 19 heavy (non-hydrogen) atoms. The summed E-state index contributed by atoms with van der Waals surface area (Å²) in [6.07, 6.45) is 4.96. The van der Waals surface area contributed by atoms with E-state index < -0.39 is 0 Å². The standard InChI is InChI=1S/C15H20N2OS/c1-10(12-7-5-9-19-12)16-17-14(18)13-11-6-3-4-8-15(11,13)2/h5,7,9,11,13H,3-4,6,8H2,1-2H3,(H,17,18)/b16-10-/t11-,13-,15+/m1/s1. The Kier molecular flexibility index (Phi) is 3.21. The van der Waals surface area contributed by atoms with E-state index in [1.54, 1.807) is 11.3 Å². The van der Waals surface area contributed by atoms with Gasteiger partial charge in [0.1, 0.15) is 0 Å². The number of rotatable bonds is 3. The van der Waals surface area contributed by atoms with Crippen LogP contribution >= 0.6 is 11.3 Å². The zero-order chi connectivity index (χ0) is 13.5. The monoisotopic (exact) mass is 276 g/mol. The molecule has 0 unspecified atom stereocenters. The molecule has 4 heteroatoms. The van der Waals surface area contributed by atoms with Crippen molar-refractivity contribution < 1.29 is 4.79 Å². The van der Waals surface area contributed by atoms with Gasteiger partial charge < -0.3 is 0 Å². The zero-order valence-electron chi connectivity index (χ0n) is 11.5. The Balaban J connectivity index is 1.62. The van der Waals surface area contributed by atoms with Gasteiger partial charge in [-0.15, -0.1) is 11.3 Å². The van der Waals surface area contributed by atoms with Crippen molar-refractivity contribution in [2.45, 2.75) is 39.5 Å². The van der Waals surface area contributed by atoms with Crippen LogP contribution in [0.3, 0.4) is 0 Å². The average molecular weight is 276 g/mol. The minimum atomic E-state index is 0.116. The maximum Gasteiger partial charge on any atom is 0.244 e. The number of nitrogens with zero attached hydrogens (tertiary/aromatic N) is 1. The highest BCUT2D eigenvalue weighted by Gasteiger charge is 2.64. The minimum absolute atomic E-state index is 0.116. The van der Waals surface area contributed by atoms with Crippen LogP contribution in [0.2, 0.25) is 0 Å². The van der Waals surface area contributed by atoms with Gasteiger partial charge in [0, 0.05) is 10.8 Å². The molecule has 3 atom stereocenters. The smallest absolute Gasteiger partial charge is 0.244 e. The molecular weight excluding hydrogens is 256 g/mol. The lowest BCUT2D eigenvalue weighted by molar-refractivity contribution is -0.123. The van der Waals surface area contributed by atoms with E-state index in [-0.39, 0.29) is 17.2 Å². The summed E-state index contributed by atoms with van der Waals surface area (Å²) >= 11 is 1.64. The zero-order valence-corrected chi connectivity index (χ0v) is 12.3. The van der Waals surface area contributed by atoms with Gasteiger partial charge in [-0.1, -0.05) is 25.8 Å². The minimum Gasteiger partial charge on any atom is -0.273 e. The fourth-order valence-electron chi connectivity index (χ4n) is 3.60. The normalized spacial score (nSPS) is 33.7. The number of carbonyl (C=O) groups is 1. The SMILES string of the molecule is C/C(=N/NC(=O)[C@H]1[C@H]2CCCC[C@@]21C)c1cccs1. The fraction of sp³-hybridized carbons (Fsp3) is 0.600. The lowest BCUT2D eigenvalue weighted by Crippen LogP contribution is -2.23. The van der Waals surface area contributed by atoms with Crippen LogP contribution in [0.1, 0.15) is 44.4 Å². The quantitative estimate of drug-likeness (QED) is 0.667. The van der Waals surface area contributed by atoms with E-state index in [4.69, 9.17) is 0 Å². The first kappa shape index (κ1) is 12.9. The summed E-state index contributed by atoms with van der Waals surface area (Å²) in [6, 6.07) is 4.02. The summed E-state index contributed by atoms with van der Waals surface area (Å²) in [5.41, 5.74) is 3.91. The van der Waals surface area contributed by atoms with Crippen molar-refractivity contribution in [1.82, 2.24) is 5.43 Å². The van der Waals surface area contributed by atoms with Gasteiger partial charge in [-0.3, -0.25) is 4.79 Å². The van der Waals surface area contributed by atoms with E-state index in [9.17, 15) is 4.79 Å². The maximum absolute atomic E-state index is 12.2. The molecular formula is C15H20N2OS. The molecule has 2 saturated carbocycles. The average Bonchev–Trinajstić information content (AvgIpc) is 2.77. The van der Waals surface area contributed by atoms with Crippen LogP contribution in [0, 0.1) is 17.3 Å². The molecule has 102 valence electrons. The van der Waals surface area contributed by atoms with Gasteiger partial charge in [0.05, 0.1) is 5.71 Å². The molecule has 0 radical (unpaired) electrons. The third-order valence-corrected chi connectivity index (χ3v) is 5.80. The van der Waals surface area contributed by atoms with Crippen molar-refractivity contribution in [3.05, 3.63) is 22.4 Å². The summed E-state index contributed by atoms with van der Waals surface area (Å²) in [6.45, 7) is 4.20. The van der Waals surface area contributed by atoms with Gasteiger partial charge in [-0.2, -0.15) is 5.10 Å². The van der Waals surface area contributed by atoms with Crippen molar-refractivity contribution >= 4 is 23.0 Å². The van der Waals surface area contributed by atoms with E-state index in [0.717, 1.165) is 10.6 Å². The Morgan fingerprint density at radius 1 is 1.53 bits per heavy atom. The van der Waals surface area contributed by atoms with Crippen LogP contribution in [0.25, 0.3) is 0 Å². The first-order chi connectivity index (χ1) is 9.13. The molecule has 0 bridgehead atoms. The Bertz CT molecular complexity index is 508. The molecule has 1 aromatic heterocycles. The molecule has 2 aliphatic carbocycles. The molecule has 0 aliphatic heterocycles. The van der Waals surface area contributed by atoms with Crippen molar-refractivity contribution in [2.24, 2.45) is 22.4 Å². The highest BCUT2D eigenvalue weighted by atomic mass is 32.1. The number of thiophene rings is 1. The molecule has 3 rings (SSSR count). The van der Waals surface area contributed by atoms with Crippen LogP contribution in [-0.4, -0.2) is 11.6 Å². The summed E-state index contributed by atoms with van der Waals surface area (Å²) in [4.78, 5) is 13.3. The van der Waals surface area contributed by atoms with Crippen LogP contribution in [0.5, 0.6) is 0 Å². The van der Waals surface area contributed by atoms with E-state index >= 15 is 0 Å². The van der Waals surface area contributed by atoms with Crippen molar-refractivity contribution in [3.8, 4) is 0 Å². The van der Waals surface area contributed by atoms with E-state index in [0.29, 0.717) is 5.92 Å². The van der Waals surface area contributed by atoms with Gasteiger partial charge in [0.15, 0.2) is 0 Å². The number of hydrogen-bond acceptors (Lipinski definition) is 3. The lowest BCUT2D eigenvalue weighted by Gasteiger charge is -2.15. The van der Waals surface area contributed by atoms with Gasteiger partial charge >= 0.3 is 0 Å². The summed E-state index contributed by atoms with van der Waals surface area (Å²) in [7, 11) is 0. The Morgan fingerprint density at radius 2 is 2.37 bits per heavy atom. The molecule has 1 amide bonds. The first-order valence-corrected chi connectivity index (χ1v) is 7.89. The largest absolute Gasteiger partial charge is 0.273 e. The predicted molar refractivity (Wildman–Crippen MR) is 78.2 cm³/mol. The molecule has 1 heterocycles. The maximum atomic E-state index is 12.2. The highest BCUT2D eigenvalue weighted by molar-refractivity contribution is 7.12. The van der Waals surface area contributed by atoms with Crippen molar-refractivity contribution in [3.63, 3.8) is 0 Å². The van der Waals surface area contributed by atoms with Crippen molar-refractivity contribution in [2.75, 3.05) is 0 Å². The van der Waals surface area contributed by atoms with Crippen LogP contribution in [-0.2, 0) is 4.79 Å². The molecule has 3 nitrogen and oxygen atoms in total. The summed E-state index contributed by atoms with van der Waals surface area (Å²) in [5, 5.41) is 6.26. The fourth-order valence-corrected chi connectivity index (χ4v) is 4.28. The van der Waals surface area contributed by atoms with E-state index in [1.165, 1.54) is 25.7 Å². The second-order valence-corrected chi connectivity index (χ2v) is 6.93. The molecule has 2 aliphatic rings. The molecule has 0 spiro atoms. The Labute approximate surface area is 118 Å². The lowest BCUT2D eigenvalue weighted by atomic mass is 9.90.